The maximum absolute atomic E-state index is 12.8. The van der Waals surface area contributed by atoms with Crippen LogP contribution in [0.4, 0.5) is 5.69 Å². The summed E-state index contributed by atoms with van der Waals surface area (Å²) >= 11 is 0. The minimum atomic E-state index is -0.232. The molecule has 1 atom stereocenters. The smallest absolute Gasteiger partial charge is 0.231 e. The lowest BCUT2D eigenvalue weighted by Gasteiger charge is -2.31. The number of rotatable bonds is 3. The van der Waals surface area contributed by atoms with Crippen LogP contribution in [0.25, 0.3) is 0 Å². The molecular formula is C18H23N5O2. The summed E-state index contributed by atoms with van der Waals surface area (Å²) in [7, 11) is 0. The number of nitrogens with two attached hydrogens (primary N) is 1. The fraction of sp³-hybridized carbons (Fsp3) is 0.389. The van der Waals surface area contributed by atoms with Gasteiger partial charge in [0.25, 0.3) is 0 Å². The van der Waals surface area contributed by atoms with Crippen molar-refractivity contribution < 1.29 is 9.59 Å². The van der Waals surface area contributed by atoms with Gasteiger partial charge >= 0.3 is 0 Å². The summed E-state index contributed by atoms with van der Waals surface area (Å²) in [6, 6.07) is 7.81. The van der Waals surface area contributed by atoms with E-state index in [4.69, 9.17) is 11.1 Å². The topological polar surface area (TPSA) is 111 Å². The molecule has 7 nitrogen and oxygen atoms in total. The normalized spacial score (nSPS) is 19.7. The van der Waals surface area contributed by atoms with E-state index in [1.807, 2.05) is 24.3 Å². The van der Waals surface area contributed by atoms with Crippen molar-refractivity contribution in [3.63, 3.8) is 0 Å². The molecule has 0 saturated heterocycles. The summed E-state index contributed by atoms with van der Waals surface area (Å²) in [4.78, 5) is 26.1. The second-order valence-electron chi connectivity index (χ2n) is 6.41. The Bertz CT molecular complexity index is 756. The molecule has 0 fully saturated rings. The van der Waals surface area contributed by atoms with Crippen molar-refractivity contribution >= 4 is 23.3 Å². The number of fused-ring (bicyclic) bond motifs is 1. The van der Waals surface area contributed by atoms with E-state index < -0.39 is 0 Å². The van der Waals surface area contributed by atoms with Gasteiger partial charge in [0.1, 0.15) is 5.84 Å². The lowest BCUT2D eigenvalue weighted by atomic mass is 9.90. The second-order valence-corrected chi connectivity index (χ2v) is 6.41. The Balaban J connectivity index is 1.81. The Morgan fingerprint density at radius 1 is 1.36 bits per heavy atom. The Hall–Kier alpha value is -2.83. The zero-order chi connectivity index (χ0) is 18.0. The molecule has 2 aliphatic heterocycles. The van der Waals surface area contributed by atoms with Crippen LogP contribution in [0, 0.1) is 5.41 Å². The molecule has 132 valence electrons. The average molecular weight is 341 g/mol. The fourth-order valence-electron chi connectivity index (χ4n) is 3.39. The summed E-state index contributed by atoms with van der Waals surface area (Å²) in [6.45, 7) is 3.02. The van der Waals surface area contributed by atoms with Crippen LogP contribution < -0.4 is 16.4 Å². The average Bonchev–Trinajstić information content (AvgIpc) is 2.61. The van der Waals surface area contributed by atoms with Gasteiger partial charge in [-0.25, -0.2) is 0 Å². The minimum absolute atomic E-state index is 0.0589. The predicted molar refractivity (Wildman–Crippen MR) is 96.2 cm³/mol. The van der Waals surface area contributed by atoms with Crippen LogP contribution in [0.15, 0.2) is 35.5 Å². The number of para-hydroxylation sites is 1. The Kier molecular flexibility index (Phi) is 4.74. The predicted octanol–water partition coefficient (Wildman–Crippen LogP) is 1.14. The van der Waals surface area contributed by atoms with E-state index in [1.54, 1.807) is 4.90 Å². The highest BCUT2D eigenvalue weighted by Crippen LogP contribution is 2.32. The van der Waals surface area contributed by atoms with Crippen molar-refractivity contribution in [3.05, 3.63) is 41.1 Å². The maximum Gasteiger partial charge on any atom is 0.231 e. The highest BCUT2D eigenvalue weighted by atomic mass is 16.2. The van der Waals surface area contributed by atoms with E-state index in [2.05, 4.69) is 10.6 Å². The molecule has 2 aliphatic rings. The van der Waals surface area contributed by atoms with Crippen molar-refractivity contribution in [1.82, 2.24) is 10.2 Å². The highest BCUT2D eigenvalue weighted by Gasteiger charge is 2.29. The standard InChI is InChI=1S/C18H23N5O2/c1-11(24)23-9-7-16(14(10-23)17(19)20)22-18(25)13-6-8-21-15-5-3-2-4-12(13)15/h2-5,13,21H,6-10H2,1H3,(H3,19,20)(H,22,25). The van der Waals surface area contributed by atoms with Crippen LogP contribution in [-0.4, -0.2) is 42.2 Å². The van der Waals surface area contributed by atoms with Crippen molar-refractivity contribution in [3.8, 4) is 0 Å². The number of benzene rings is 1. The highest BCUT2D eigenvalue weighted by molar-refractivity contribution is 5.98. The van der Waals surface area contributed by atoms with Gasteiger partial charge < -0.3 is 21.3 Å². The van der Waals surface area contributed by atoms with E-state index in [1.165, 1.54) is 6.92 Å². The van der Waals surface area contributed by atoms with Gasteiger partial charge in [0.2, 0.25) is 11.8 Å². The first-order valence-corrected chi connectivity index (χ1v) is 8.43. The van der Waals surface area contributed by atoms with Gasteiger partial charge in [0.15, 0.2) is 0 Å². The van der Waals surface area contributed by atoms with Crippen LogP contribution in [0.1, 0.15) is 31.2 Å². The third-order valence-electron chi connectivity index (χ3n) is 4.79. The van der Waals surface area contributed by atoms with Crippen LogP contribution in [0.2, 0.25) is 0 Å². The van der Waals surface area contributed by atoms with Crippen molar-refractivity contribution in [2.75, 3.05) is 25.0 Å². The van der Waals surface area contributed by atoms with Crippen molar-refractivity contribution in [2.24, 2.45) is 5.73 Å². The van der Waals surface area contributed by atoms with Gasteiger partial charge in [0.05, 0.1) is 12.5 Å². The van der Waals surface area contributed by atoms with Crippen molar-refractivity contribution in [1.29, 1.82) is 5.41 Å². The number of amides is 2. The lowest BCUT2D eigenvalue weighted by molar-refractivity contribution is -0.128. The SMILES string of the molecule is CC(=O)N1CCC(NC(=O)C2CCNc3ccccc32)=C(C(=N)N)C1. The molecule has 3 rings (SSSR count). The van der Waals surface area contributed by atoms with E-state index in [9.17, 15) is 9.59 Å². The Labute approximate surface area is 146 Å². The first-order chi connectivity index (χ1) is 12.0. The van der Waals surface area contributed by atoms with Crippen LogP contribution in [-0.2, 0) is 9.59 Å². The summed E-state index contributed by atoms with van der Waals surface area (Å²) in [5.41, 5.74) is 8.83. The van der Waals surface area contributed by atoms with E-state index in [0.29, 0.717) is 30.7 Å². The van der Waals surface area contributed by atoms with E-state index >= 15 is 0 Å². The largest absolute Gasteiger partial charge is 0.385 e. The molecule has 0 saturated carbocycles. The second kappa shape index (κ2) is 6.96. The number of nitrogens with zero attached hydrogens (tertiary/aromatic N) is 1. The van der Waals surface area contributed by atoms with Gasteiger partial charge in [-0.15, -0.1) is 0 Å². The van der Waals surface area contributed by atoms with Gasteiger partial charge in [-0.3, -0.25) is 15.0 Å². The number of hydrogen-bond donors (Lipinski definition) is 4. The monoisotopic (exact) mass is 341 g/mol. The number of carbonyl (C=O) groups excluding carboxylic acids is 2. The molecule has 0 spiro atoms. The maximum atomic E-state index is 12.8. The molecule has 1 aromatic rings. The molecule has 5 N–H and O–H groups in total. The van der Waals surface area contributed by atoms with Crippen LogP contribution >= 0.6 is 0 Å². The molecule has 7 heteroatoms. The fourth-order valence-corrected chi connectivity index (χ4v) is 3.39. The Morgan fingerprint density at radius 2 is 2.12 bits per heavy atom. The third kappa shape index (κ3) is 3.50. The number of carbonyl (C=O) groups is 2. The molecule has 2 heterocycles. The van der Waals surface area contributed by atoms with Gasteiger partial charge in [-0.05, 0) is 18.1 Å². The number of anilines is 1. The van der Waals surface area contributed by atoms with E-state index in [0.717, 1.165) is 17.8 Å². The summed E-state index contributed by atoms with van der Waals surface area (Å²) in [5.74, 6) is -0.480. The summed E-state index contributed by atoms with van der Waals surface area (Å²) in [6.07, 6.45) is 1.21. The lowest BCUT2D eigenvalue weighted by Crippen LogP contribution is -2.43. The molecule has 25 heavy (non-hydrogen) atoms. The van der Waals surface area contributed by atoms with E-state index in [-0.39, 0.29) is 30.1 Å². The molecule has 0 radical (unpaired) electrons. The number of nitrogens with one attached hydrogen (secondary N) is 3. The Morgan fingerprint density at radius 3 is 2.84 bits per heavy atom. The quantitative estimate of drug-likeness (QED) is 0.488. The zero-order valence-electron chi connectivity index (χ0n) is 14.3. The minimum Gasteiger partial charge on any atom is -0.385 e. The number of amidine groups is 1. The van der Waals surface area contributed by atoms with Gasteiger partial charge in [0, 0.05) is 43.4 Å². The first kappa shape index (κ1) is 17.0. The first-order valence-electron chi connectivity index (χ1n) is 8.43. The zero-order valence-corrected chi connectivity index (χ0v) is 14.3. The molecule has 1 unspecified atom stereocenters. The molecule has 0 aromatic heterocycles. The van der Waals surface area contributed by atoms with Gasteiger partial charge in [-0.2, -0.15) is 0 Å². The summed E-state index contributed by atoms with van der Waals surface area (Å²) < 4.78 is 0. The molecule has 0 aliphatic carbocycles. The molecule has 1 aromatic carbocycles. The third-order valence-corrected chi connectivity index (χ3v) is 4.79. The van der Waals surface area contributed by atoms with Crippen LogP contribution in [0.3, 0.4) is 0 Å². The van der Waals surface area contributed by atoms with Crippen LogP contribution in [0.5, 0.6) is 0 Å². The molecule has 2 amide bonds. The molecule has 0 bridgehead atoms. The number of hydrogen-bond acceptors (Lipinski definition) is 4. The van der Waals surface area contributed by atoms with Crippen molar-refractivity contribution in [2.45, 2.75) is 25.7 Å². The summed E-state index contributed by atoms with van der Waals surface area (Å²) in [5, 5.41) is 14.1. The molecular weight excluding hydrogens is 318 g/mol. The van der Waals surface area contributed by atoms with Gasteiger partial charge in [-0.1, -0.05) is 18.2 Å².